The van der Waals surface area contributed by atoms with Crippen molar-refractivity contribution in [2.24, 2.45) is 0 Å². The Morgan fingerprint density at radius 3 is 2.57 bits per heavy atom. The van der Waals surface area contributed by atoms with E-state index in [1.54, 1.807) is 11.9 Å². The topological polar surface area (TPSA) is 15.3 Å². The molecular weight excluding hydrogens is 186 g/mol. The van der Waals surface area contributed by atoms with Gasteiger partial charge in [-0.05, 0) is 19.9 Å². The molecule has 14 heavy (non-hydrogen) atoms. The van der Waals surface area contributed by atoms with E-state index in [2.05, 4.69) is 5.32 Å². The summed E-state index contributed by atoms with van der Waals surface area (Å²) in [5.41, 5.74) is 0. The molecule has 1 N–H and O–H groups in total. The highest BCUT2D eigenvalue weighted by atomic mass is 19.3. The second-order valence-electron chi connectivity index (χ2n) is 4.09. The summed E-state index contributed by atoms with van der Waals surface area (Å²) in [6.45, 7) is 1.42. The van der Waals surface area contributed by atoms with Gasteiger partial charge in [0.15, 0.2) is 0 Å². The summed E-state index contributed by atoms with van der Waals surface area (Å²) in [7, 11) is 1.74. The zero-order valence-corrected chi connectivity index (χ0v) is 8.81. The van der Waals surface area contributed by atoms with Gasteiger partial charge < -0.3 is 5.32 Å². The Bertz CT molecular complexity index is 147. The molecule has 0 amide bonds. The molecule has 0 unspecified atom stereocenters. The molecule has 0 saturated heterocycles. The quantitative estimate of drug-likeness (QED) is 0.712. The monoisotopic (exact) mass is 206 g/mol. The SMILES string of the molecule is CN(CCNC1CCCC1)CC(F)F. The van der Waals surface area contributed by atoms with Crippen molar-refractivity contribution < 1.29 is 8.78 Å². The molecule has 2 nitrogen and oxygen atoms in total. The van der Waals surface area contributed by atoms with E-state index in [1.165, 1.54) is 25.7 Å². The van der Waals surface area contributed by atoms with Crippen molar-refractivity contribution in [1.29, 1.82) is 0 Å². The molecule has 1 rings (SSSR count). The predicted molar refractivity (Wildman–Crippen MR) is 53.8 cm³/mol. The normalized spacial score (nSPS) is 18.6. The number of alkyl halides is 2. The van der Waals surface area contributed by atoms with Crippen molar-refractivity contribution in [3.8, 4) is 0 Å². The summed E-state index contributed by atoms with van der Waals surface area (Å²) in [4.78, 5) is 1.67. The van der Waals surface area contributed by atoms with Gasteiger partial charge in [0.2, 0.25) is 0 Å². The fourth-order valence-electron chi connectivity index (χ4n) is 1.92. The highest BCUT2D eigenvalue weighted by molar-refractivity contribution is 4.73. The minimum absolute atomic E-state index is 0.119. The van der Waals surface area contributed by atoms with E-state index in [1.807, 2.05) is 0 Å². The molecule has 1 saturated carbocycles. The van der Waals surface area contributed by atoms with Crippen LogP contribution in [0.3, 0.4) is 0 Å². The van der Waals surface area contributed by atoms with Crippen molar-refractivity contribution in [3.05, 3.63) is 0 Å². The van der Waals surface area contributed by atoms with E-state index in [-0.39, 0.29) is 6.54 Å². The Labute approximate surface area is 84.7 Å². The Kier molecular flexibility index (Phi) is 5.33. The molecule has 0 aromatic rings. The maximum Gasteiger partial charge on any atom is 0.251 e. The number of hydrogen-bond donors (Lipinski definition) is 1. The fraction of sp³-hybridized carbons (Fsp3) is 1.00. The van der Waals surface area contributed by atoms with Gasteiger partial charge in [0.1, 0.15) is 0 Å². The predicted octanol–water partition coefficient (Wildman–Crippen LogP) is 1.72. The smallest absolute Gasteiger partial charge is 0.251 e. The molecule has 0 aromatic heterocycles. The lowest BCUT2D eigenvalue weighted by molar-refractivity contribution is 0.100. The van der Waals surface area contributed by atoms with Crippen molar-refractivity contribution in [3.63, 3.8) is 0 Å². The van der Waals surface area contributed by atoms with Crippen LogP contribution in [0.25, 0.3) is 0 Å². The van der Waals surface area contributed by atoms with Gasteiger partial charge in [0, 0.05) is 19.1 Å². The van der Waals surface area contributed by atoms with E-state index in [0.717, 1.165) is 6.54 Å². The number of halogens is 2. The highest BCUT2D eigenvalue weighted by Crippen LogP contribution is 2.17. The van der Waals surface area contributed by atoms with Crippen LogP contribution in [0.1, 0.15) is 25.7 Å². The molecule has 84 valence electrons. The molecule has 0 aromatic carbocycles. The molecule has 0 spiro atoms. The molecule has 0 heterocycles. The average molecular weight is 206 g/mol. The molecule has 1 aliphatic rings. The number of nitrogens with one attached hydrogen (secondary N) is 1. The van der Waals surface area contributed by atoms with E-state index in [9.17, 15) is 8.78 Å². The Balaban J connectivity index is 1.96. The van der Waals surface area contributed by atoms with Gasteiger partial charge >= 0.3 is 0 Å². The maximum atomic E-state index is 12.0. The number of nitrogens with zero attached hydrogens (tertiary/aromatic N) is 1. The van der Waals surface area contributed by atoms with Crippen LogP contribution in [0.2, 0.25) is 0 Å². The minimum atomic E-state index is -2.22. The van der Waals surface area contributed by atoms with Crippen molar-refractivity contribution in [1.82, 2.24) is 10.2 Å². The number of rotatable bonds is 6. The first-order valence-electron chi connectivity index (χ1n) is 5.38. The Morgan fingerprint density at radius 1 is 1.36 bits per heavy atom. The fourth-order valence-corrected chi connectivity index (χ4v) is 1.92. The molecule has 1 aliphatic carbocycles. The van der Waals surface area contributed by atoms with Crippen LogP contribution in [-0.4, -0.2) is 44.0 Å². The van der Waals surface area contributed by atoms with Gasteiger partial charge in [-0.2, -0.15) is 0 Å². The van der Waals surface area contributed by atoms with E-state index < -0.39 is 6.43 Å². The molecule has 0 aliphatic heterocycles. The summed E-state index contributed by atoms with van der Waals surface area (Å²) in [6, 6.07) is 0.634. The van der Waals surface area contributed by atoms with Gasteiger partial charge in [-0.15, -0.1) is 0 Å². The Morgan fingerprint density at radius 2 is 2.00 bits per heavy atom. The first kappa shape index (κ1) is 11.9. The summed E-state index contributed by atoms with van der Waals surface area (Å²) in [6.07, 6.45) is 2.90. The second-order valence-corrected chi connectivity index (χ2v) is 4.09. The lowest BCUT2D eigenvalue weighted by Crippen LogP contribution is -2.36. The van der Waals surface area contributed by atoms with Crippen molar-refractivity contribution in [2.75, 3.05) is 26.7 Å². The largest absolute Gasteiger partial charge is 0.313 e. The van der Waals surface area contributed by atoms with Crippen LogP contribution in [0, 0.1) is 0 Å². The number of hydrogen-bond acceptors (Lipinski definition) is 2. The summed E-state index contributed by atoms with van der Waals surface area (Å²) in [5.74, 6) is 0. The third-order valence-electron chi connectivity index (χ3n) is 2.73. The third kappa shape index (κ3) is 4.86. The minimum Gasteiger partial charge on any atom is -0.313 e. The van der Waals surface area contributed by atoms with Gasteiger partial charge in [-0.1, -0.05) is 12.8 Å². The molecule has 1 fully saturated rings. The lowest BCUT2D eigenvalue weighted by atomic mass is 10.2. The van der Waals surface area contributed by atoms with E-state index >= 15 is 0 Å². The average Bonchev–Trinajstić information content (AvgIpc) is 2.55. The zero-order valence-electron chi connectivity index (χ0n) is 8.81. The van der Waals surface area contributed by atoms with Gasteiger partial charge in [0.25, 0.3) is 6.43 Å². The molecule has 4 heteroatoms. The molecular formula is C10H20F2N2. The lowest BCUT2D eigenvalue weighted by Gasteiger charge is -2.18. The molecule has 0 radical (unpaired) electrons. The van der Waals surface area contributed by atoms with Gasteiger partial charge in [-0.25, -0.2) is 8.78 Å². The van der Waals surface area contributed by atoms with Crippen LogP contribution < -0.4 is 5.32 Å². The number of likely N-dealkylation sites (N-methyl/N-ethyl adjacent to an activating group) is 1. The standard InChI is InChI=1S/C10H20F2N2/c1-14(8-10(11)12)7-6-13-9-4-2-3-5-9/h9-10,13H,2-8H2,1H3. The van der Waals surface area contributed by atoms with E-state index in [0.29, 0.717) is 12.6 Å². The zero-order chi connectivity index (χ0) is 10.4. The second kappa shape index (κ2) is 6.30. The summed E-state index contributed by atoms with van der Waals surface area (Å²) in [5, 5.41) is 3.40. The van der Waals surface area contributed by atoms with Crippen LogP contribution in [-0.2, 0) is 0 Å². The van der Waals surface area contributed by atoms with E-state index in [4.69, 9.17) is 0 Å². The Hall–Kier alpha value is -0.220. The van der Waals surface area contributed by atoms with Gasteiger partial charge in [-0.3, -0.25) is 4.90 Å². The first-order chi connectivity index (χ1) is 6.68. The van der Waals surface area contributed by atoms with Crippen LogP contribution in [0.15, 0.2) is 0 Å². The van der Waals surface area contributed by atoms with Crippen molar-refractivity contribution in [2.45, 2.75) is 38.2 Å². The highest BCUT2D eigenvalue weighted by Gasteiger charge is 2.14. The maximum absolute atomic E-state index is 12.0. The van der Waals surface area contributed by atoms with Crippen molar-refractivity contribution >= 4 is 0 Å². The van der Waals surface area contributed by atoms with Gasteiger partial charge in [0.05, 0.1) is 6.54 Å². The first-order valence-corrected chi connectivity index (χ1v) is 5.38. The van der Waals surface area contributed by atoms with Crippen LogP contribution in [0.5, 0.6) is 0 Å². The van der Waals surface area contributed by atoms with Crippen LogP contribution >= 0.6 is 0 Å². The molecule has 0 atom stereocenters. The summed E-state index contributed by atoms with van der Waals surface area (Å²) >= 11 is 0. The van der Waals surface area contributed by atoms with Crippen LogP contribution in [0.4, 0.5) is 8.78 Å². The molecule has 0 bridgehead atoms. The summed E-state index contributed by atoms with van der Waals surface area (Å²) < 4.78 is 23.9. The third-order valence-corrected chi connectivity index (χ3v) is 2.73.